The van der Waals surface area contributed by atoms with Gasteiger partial charge in [0.25, 0.3) is 5.91 Å². The van der Waals surface area contributed by atoms with E-state index in [0.717, 1.165) is 28.3 Å². The third-order valence-electron chi connectivity index (χ3n) is 4.81. The van der Waals surface area contributed by atoms with Crippen LogP contribution in [0, 0.1) is 13.8 Å². The smallest absolute Gasteiger partial charge is 0.276 e. The van der Waals surface area contributed by atoms with Gasteiger partial charge in [-0.1, -0.05) is 17.7 Å². The highest BCUT2D eigenvalue weighted by molar-refractivity contribution is 6.31. The number of carbonyl (C=O) groups is 1. The number of halogens is 1. The molecule has 0 saturated heterocycles. The van der Waals surface area contributed by atoms with E-state index in [1.165, 1.54) is 0 Å². The molecule has 0 fully saturated rings. The van der Waals surface area contributed by atoms with Gasteiger partial charge in [-0.25, -0.2) is 9.50 Å². The summed E-state index contributed by atoms with van der Waals surface area (Å²) >= 11 is 6.14. The van der Waals surface area contributed by atoms with Crippen LogP contribution in [0.5, 0.6) is 5.75 Å². The molecule has 7 heteroatoms. The molecule has 0 unspecified atom stereocenters. The summed E-state index contributed by atoms with van der Waals surface area (Å²) in [7, 11) is 0. The van der Waals surface area contributed by atoms with Crippen molar-refractivity contribution in [2.24, 2.45) is 0 Å². The quantitative estimate of drug-likeness (QED) is 0.474. The molecule has 4 rings (SSSR count). The number of aromatic nitrogens is 3. The molecule has 0 atom stereocenters. The zero-order valence-electron chi connectivity index (χ0n) is 16.9. The molecule has 0 aliphatic rings. The largest absolute Gasteiger partial charge is 0.494 e. The molecule has 4 aromatic rings. The van der Waals surface area contributed by atoms with E-state index in [0.29, 0.717) is 23.0 Å². The first-order valence-corrected chi connectivity index (χ1v) is 10.0. The summed E-state index contributed by atoms with van der Waals surface area (Å²) in [6.07, 6.45) is 0. The van der Waals surface area contributed by atoms with Gasteiger partial charge in [0.2, 0.25) is 0 Å². The molecule has 0 spiro atoms. The standard InChI is InChI=1S/C23H21ClN4O2/c1-4-30-17-10-8-16(9-11-17)20-12-14(2)28-22(25-20)13-21(27-28)23(29)26-19-7-5-6-18(24)15(19)3/h5-13H,4H2,1-3H3,(H,26,29). The van der Waals surface area contributed by atoms with E-state index in [-0.39, 0.29) is 11.6 Å². The zero-order chi connectivity index (χ0) is 21.3. The summed E-state index contributed by atoms with van der Waals surface area (Å²) in [6, 6.07) is 16.8. The minimum Gasteiger partial charge on any atom is -0.494 e. The van der Waals surface area contributed by atoms with Crippen molar-refractivity contribution in [3.8, 4) is 17.0 Å². The molecular formula is C23H21ClN4O2. The van der Waals surface area contributed by atoms with Crippen LogP contribution in [0.3, 0.4) is 0 Å². The molecule has 30 heavy (non-hydrogen) atoms. The second-order valence-electron chi connectivity index (χ2n) is 6.91. The predicted octanol–water partition coefficient (Wildman–Crippen LogP) is 5.32. The number of anilines is 1. The van der Waals surface area contributed by atoms with Crippen LogP contribution in [0.4, 0.5) is 5.69 Å². The number of aryl methyl sites for hydroxylation is 1. The van der Waals surface area contributed by atoms with E-state index in [1.807, 2.05) is 57.2 Å². The fourth-order valence-corrected chi connectivity index (χ4v) is 3.38. The first kappa shape index (κ1) is 19.9. The van der Waals surface area contributed by atoms with Crippen molar-refractivity contribution in [2.75, 3.05) is 11.9 Å². The third kappa shape index (κ3) is 3.86. The Labute approximate surface area is 179 Å². The number of amides is 1. The second kappa shape index (κ2) is 8.16. The van der Waals surface area contributed by atoms with Gasteiger partial charge in [0.05, 0.1) is 12.3 Å². The Morgan fingerprint density at radius 2 is 1.90 bits per heavy atom. The predicted molar refractivity (Wildman–Crippen MR) is 118 cm³/mol. The summed E-state index contributed by atoms with van der Waals surface area (Å²) in [5.74, 6) is 0.506. The molecule has 6 nitrogen and oxygen atoms in total. The summed E-state index contributed by atoms with van der Waals surface area (Å²) in [5, 5.41) is 7.89. The number of nitrogens with one attached hydrogen (secondary N) is 1. The summed E-state index contributed by atoms with van der Waals surface area (Å²) in [5.41, 5.74) is 5.00. The number of carbonyl (C=O) groups excluding carboxylic acids is 1. The molecule has 1 N–H and O–H groups in total. The average Bonchev–Trinajstić information content (AvgIpc) is 3.17. The molecular weight excluding hydrogens is 400 g/mol. The number of fused-ring (bicyclic) bond motifs is 1. The second-order valence-corrected chi connectivity index (χ2v) is 7.31. The summed E-state index contributed by atoms with van der Waals surface area (Å²) in [4.78, 5) is 17.4. The lowest BCUT2D eigenvalue weighted by Crippen LogP contribution is -2.13. The van der Waals surface area contributed by atoms with Crippen molar-refractivity contribution in [1.82, 2.24) is 14.6 Å². The van der Waals surface area contributed by atoms with Crippen LogP contribution in [0.25, 0.3) is 16.9 Å². The Bertz CT molecular complexity index is 1230. The lowest BCUT2D eigenvalue weighted by atomic mass is 10.1. The van der Waals surface area contributed by atoms with E-state index in [1.54, 1.807) is 22.7 Å². The molecule has 2 aromatic heterocycles. The third-order valence-corrected chi connectivity index (χ3v) is 5.22. The van der Waals surface area contributed by atoms with Gasteiger partial charge in [-0.05, 0) is 68.8 Å². The Morgan fingerprint density at radius 1 is 1.13 bits per heavy atom. The van der Waals surface area contributed by atoms with E-state index < -0.39 is 0 Å². The van der Waals surface area contributed by atoms with Crippen LogP contribution in [-0.4, -0.2) is 27.1 Å². The highest BCUT2D eigenvalue weighted by Gasteiger charge is 2.15. The van der Waals surface area contributed by atoms with Gasteiger partial charge >= 0.3 is 0 Å². The Kier molecular flexibility index (Phi) is 5.42. The molecule has 0 aliphatic heterocycles. The van der Waals surface area contributed by atoms with Crippen LogP contribution in [0.15, 0.2) is 54.6 Å². The first-order chi connectivity index (χ1) is 14.5. The van der Waals surface area contributed by atoms with Crippen molar-refractivity contribution < 1.29 is 9.53 Å². The van der Waals surface area contributed by atoms with E-state index in [2.05, 4.69) is 15.4 Å². The minimum atomic E-state index is -0.312. The van der Waals surface area contributed by atoms with Crippen LogP contribution < -0.4 is 10.1 Å². The van der Waals surface area contributed by atoms with Crippen molar-refractivity contribution >= 4 is 28.8 Å². The van der Waals surface area contributed by atoms with Crippen LogP contribution >= 0.6 is 11.6 Å². The minimum absolute atomic E-state index is 0.286. The maximum absolute atomic E-state index is 12.7. The normalized spacial score (nSPS) is 10.9. The highest BCUT2D eigenvalue weighted by Crippen LogP contribution is 2.25. The Morgan fingerprint density at radius 3 is 2.63 bits per heavy atom. The van der Waals surface area contributed by atoms with E-state index >= 15 is 0 Å². The van der Waals surface area contributed by atoms with Crippen LogP contribution in [-0.2, 0) is 0 Å². The summed E-state index contributed by atoms with van der Waals surface area (Å²) < 4.78 is 7.16. The van der Waals surface area contributed by atoms with E-state index in [4.69, 9.17) is 16.3 Å². The van der Waals surface area contributed by atoms with Crippen LogP contribution in [0.2, 0.25) is 5.02 Å². The SMILES string of the molecule is CCOc1ccc(-c2cc(C)n3nc(C(=O)Nc4cccc(Cl)c4C)cc3n2)cc1. The van der Waals surface area contributed by atoms with Gasteiger partial charge in [0, 0.05) is 28.0 Å². The molecule has 2 heterocycles. The monoisotopic (exact) mass is 420 g/mol. The molecule has 1 amide bonds. The maximum atomic E-state index is 12.7. The van der Waals surface area contributed by atoms with Gasteiger partial charge in [-0.15, -0.1) is 0 Å². The maximum Gasteiger partial charge on any atom is 0.276 e. The van der Waals surface area contributed by atoms with Crippen molar-refractivity contribution in [2.45, 2.75) is 20.8 Å². The van der Waals surface area contributed by atoms with Gasteiger partial charge < -0.3 is 10.1 Å². The van der Waals surface area contributed by atoms with Crippen molar-refractivity contribution in [3.05, 3.63) is 76.6 Å². The Hall–Kier alpha value is -3.38. The van der Waals surface area contributed by atoms with Gasteiger partial charge in [-0.2, -0.15) is 5.10 Å². The van der Waals surface area contributed by atoms with Gasteiger partial charge in [0.15, 0.2) is 11.3 Å². The lowest BCUT2D eigenvalue weighted by Gasteiger charge is -2.08. The van der Waals surface area contributed by atoms with E-state index in [9.17, 15) is 4.79 Å². The number of rotatable bonds is 5. The number of hydrogen-bond acceptors (Lipinski definition) is 4. The number of ether oxygens (including phenoxy) is 1. The van der Waals surface area contributed by atoms with Crippen molar-refractivity contribution in [3.63, 3.8) is 0 Å². The van der Waals surface area contributed by atoms with Gasteiger partial charge in [-0.3, -0.25) is 4.79 Å². The molecule has 2 aromatic carbocycles. The first-order valence-electron chi connectivity index (χ1n) is 9.63. The van der Waals surface area contributed by atoms with Crippen molar-refractivity contribution in [1.29, 1.82) is 0 Å². The molecule has 0 aliphatic carbocycles. The lowest BCUT2D eigenvalue weighted by molar-refractivity contribution is 0.102. The molecule has 152 valence electrons. The molecule has 0 saturated carbocycles. The molecule has 0 radical (unpaired) electrons. The van der Waals surface area contributed by atoms with Gasteiger partial charge in [0.1, 0.15) is 5.75 Å². The topological polar surface area (TPSA) is 68.5 Å². The number of nitrogens with zero attached hydrogens (tertiary/aromatic N) is 3. The average molecular weight is 421 g/mol. The van der Waals surface area contributed by atoms with Crippen LogP contribution in [0.1, 0.15) is 28.7 Å². The fourth-order valence-electron chi connectivity index (χ4n) is 3.20. The molecule has 0 bridgehead atoms. The Balaban J connectivity index is 1.64. The summed E-state index contributed by atoms with van der Waals surface area (Å²) in [6.45, 7) is 6.37. The fraction of sp³-hybridized carbons (Fsp3) is 0.174. The highest BCUT2D eigenvalue weighted by atomic mass is 35.5. The number of hydrogen-bond donors (Lipinski definition) is 1. The zero-order valence-corrected chi connectivity index (χ0v) is 17.7. The number of benzene rings is 2.